The second-order valence-corrected chi connectivity index (χ2v) is 7.72. The van der Waals surface area contributed by atoms with Crippen LogP contribution in [0.15, 0.2) is 85.1 Å². The number of aromatic nitrogens is 1. The molecule has 1 heterocycles. The zero-order valence-electron chi connectivity index (χ0n) is 19.3. The van der Waals surface area contributed by atoms with E-state index in [-0.39, 0.29) is 11.5 Å². The summed E-state index contributed by atoms with van der Waals surface area (Å²) in [5.41, 5.74) is 2.46. The highest BCUT2D eigenvalue weighted by Crippen LogP contribution is 2.37. The lowest BCUT2D eigenvalue weighted by Gasteiger charge is -2.13. The van der Waals surface area contributed by atoms with Crippen LogP contribution in [0.3, 0.4) is 0 Å². The maximum atomic E-state index is 14.9. The van der Waals surface area contributed by atoms with E-state index in [1.165, 1.54) is 25.3 Å². The Balaban J connectivity index is 1.51. The Morgan fingerprint density at radius 2 is 1.60 bits per heavy atom. The van der Waals surface area contributed by atoms with Crippen molar-refractivity contribution in [2.75, 3.05) is 14.2 Å². The summed E-state index contributed by atoms with van der Waals surface area (Å²) in [6, 6.07) is 19.1. The first-order valence-corrected chi connectivity index (χ1v) is 10.8. The topological polar surface area (TPSA) is 88.3 Å². The van der Waals surface area contributed by atoms with Gasteiger partial charge in [-0.2, -0.15) is 0 Å². The molecule has 1 aromatic heterocycles. The van der Waals surface area contributed by atoms with E-state index in [9.17, 15) is 4.39 Å². The number of halogens is 1. The number of methoxy groups -OCH3 is 2. The first-order chi connectivity index (χ1) is 17.0. The van der Waals surface area contributed by atoms with Gasteiger partial charge in [0.25, 0.3) is 0 Å². The van der Waals surface area contributed by atoms with Gasteiger partial charge in [0, 0.05) is 35.3 Å². The molecule has 0 saturated carbocycles. The minimum atomic E-state index is -0.606. The van der Waals surface area contributed by atoms with Crippen molar-refractivity contribution in [1.82, 2.24) is 4.98 Å². The summed E-state index contributed by atoms with van der Waals surface area (Å²) in [4.78, 5) is 4.33. The Bertz CT molecular complexity index is 1420. The van der Waals surface area contributed by atoms with E-state index >= 15 is 0 Å². The lowest BCUT2D eigenvalue weighted by molar-refractivity contribution is 0.355. The summed E-state index contributed by atoms with van der Waals surface area (Å²) in [6.45, 7) is 0. The molecular formula is C28H24FN3O3. The molecule has 0 unspecified atom stereocenters. The Morgan fingerprint density at radius 1 is 0.857 bits per heavy atom. The number of allylic oxidation sites excluding steroid dienone is 2. The SMILES string of the molecule is COc1cc2nccc(Oc3ccc(C(=N)/C=C\C(=N)Cc4ccccc4)cc3F)c2cc1OC. The normalized spacial score (nSPS) is 10.9. The van der Waals surface area contributed by atoms with Gasteiger partial charge in [-0.05, 0) is 48.0 Å². The van der Waals surface area contributed by atoms with Crippen LogP contribution < -0.4 is 14.2 Å². The number of hydrogen-bond donors (Lipinski definition) is 2. The number of ether oxygens (including phenoxy) is 3. The molecular weight excluding hydrogens is 445 g/mol. The number of nitrogens with one attached hydrogen (secondary N) is 2. The largest absolute Gasteiger partial charge is 0.493 e. The van der Waals surface area contributed by atoms with Crippen LogP contribution in [0.4, 0.5) is 4.39 Å². The third kappa shape index (κ3) is 5.52. The Hall–Kier alpha value is -4.52. The number of hydrogen-bond acceptors (Lipinski definition) is 6. The molecule has 0 radical (unpaired) electrons. The average Bonchev–Trinajstić information content (AvgIpc) is 2.88. The van der Waals surface area contributed by atoms with Crippen molar-refractivity contribution < 1.29 is 18.6 Å². The summed E-state index contributed by atoms with van der Waals surface area (Å²) in [7, 11) is 3.07. The van der Waals surface area contributed by atoms with E-state index in [1.54, 1.807) is 43.6 Å². The van der Waals surface area contributed by atoms with Gasteiger partial charge >= 0.3 is 0 Å². The van der Waals surface area contributed by atoms with Gasteiger partial charge in [0.1, 0.15) is 5.75 Å². The van der Waals surface area contributed by atoms with Crippen molar-refractivity contribution in [2.45, 2.75) is 6.42 Å². The van der Waals surface area contributed by atoms with Gasteiger partial charge in [-0.15, -0.1) is 0 Å². The standard InChI is InChI=1S/C28H24FN3O3/c1-33-27-16-21-24(17-28(27)34-2)32-13-12-25(21)35-26-11-8-19(15-22(26)29)23(31)10-9-20(30)14-18-6-4-3-5-7-18/h3-13,15-17,30-31H,14H2,1-2H3/b10-9-,30-20?,31-23?. The summed E-state index contributed by atoms with van der Waals surface area (Å²) < 4.78 is 31.4. The number of benzene rings is 3. The molecule has 0 aliphatic carbocycles. The second-order valence-electron chi connectivity index (χ2n) is 7.72. The van der Waals surface area contributed by atoms with Crippen LogP contribution in [-0.4, -0.2) is 30.6 Å². The number of nitrogens with zero attached hydrogens (tertiary/aromatic N) is 1. The van der Waals surface area contributed by atoms with Crippen molar-refractivity contribution >= 4 is 22.3 Å². The van der Waals surface area contributed by atoms with Gasteiger partial charge in [-0.3, -0.25) is 4.98 Å². The fourth-order valence-electron chi connectivity index (χ4n) is 3.56. The molecule has 35 heavy (non-hydrogen) atoms. The zero-order chi connectivity index (χ0) is 24.8. The van der Waals surface area contributed by atoms with E-state index in [0.29, 0.717) is 45.8 Å². The highest BCUT2D eigenvalue weighted by Gasteiger charge is 2.14. The molecule has 7 heteroatoms. The van der Waals surface area contributed by atoms with Gasteiger partial charge in [-0.1, -0.05) is 30.3 Å². The van der Waals surface area contributed by atoms with Crippen LogP contribution in [0.1, 0.15) is 11.1 Å². The van der Waals surface area contributed by atoms with Crippen LogP contribution in [0.25, 0.3) is 10.9 Å². The summed E-state index contributed by atoms with van der Waals surface area (Å²) >= 11 is 0. The summed E-state index contributed by atoms with van der Waals surface area (Å²) in [5, 5.41) is 17.0. The Kier molecular flexibility index (Phi) is 7.16. The fourth-order valence-corrected chi connectivity index (χ4v) is 3.56. The maximum Gasteiger partial charge on any atom is 0.166 e. The molecule has 0 aliphatic heterocycles. The molecule has 2 N–H and O–H groups in total. The lowest BCUT2D eigenvalue weighted by Crippen LogP contribution is -2.01. The third-order valence-corrected chi connectivity index (χ3v) is 5.36. The lowest BCUT2D eigenvalue weighted by atomic mass is 10.1. The zero-order valence-corrected chi connectivity index (χ0v) is 19.3. The number of pyridine rings is 1. The molecule has 0 saturated heterocycles. The van der Waals surface area contributed by atoms with Gasteiger partial charge in [0.15, 0.2) is 23.1 Å². The smallest absolute Gasteiger partial charge is 0.166 e. The molecule has 0 spiro atoms. The first kappa shape index (κ1) is 23.6. The van der Waals surface area contributed by atoms with E-state index in [4.69, 9.17) is 25.0 Å². The fraction of sp³-hybridized carbons (Fsp3) is 0.107. The van der Waals surface area contributed by atoms with Crippen LogP contribution in [0.5, 0.6) is 23.0 Å². The van der Waals surface area contributed by atoms with Gasteiger partial charge < -0.3 is 25.0 Å². The molecule has 0 amide bonds. The second kappa shape index (κ2) is 10.6. The molecule has 3 aromatic carbocycles. The number of rotatable bonds is 9. The monoisotopic (exact) mass is 469 g/mol. The molecule has 4 rings (SSSR count). The predicted octanol–water partition coefficient (Wildman–Crippen LogP) is 6.37. The Labute approximate surface area is 202 Å². The van der Waals surface area contributed by atoms with E-state index in [0.717, 1.165) is 5.56 Å². The molecule has 0 atom stereocenters. The molecule has 0 fully saturated rings. The van der Waals surface area contributed by atoms with Crippen molar-refractivity contribution in [3.8, 4) is 23.0 Å². The molecule has 0 aliphatic rings. The maximum absolute atomic E-state index is 14.9. The van der Waals surface area contributed by atoms with Crippen molar-refractivity contribution in [3.63, 3.8) is 0 Å². The predicted molar refractivity (Wildman–Crippen MR) is 135 cm³/mol. The third-order valence-electron chi connectivity index (χ3n) is 5.36. The van der Waals surface area contributed by atoms with Crippen LogP contribution in [0.2, 0.25) is 0 Å². The van der Waals surface area contributed by atoms with Crippen LogP contribution in [0, 0.1) is 16.6 Å². The van der Waals surface area contributed by atoms with Gasteiger partial charge in [-0.25, -0.2) is 4.39 Å². The van der Waals surface area contributed by atoms with Crippen molar-refractivity contribution in [1.29, 1.82) is 10.8 Å². The van der Waals surface area contributed by atoms with Crippen LogP contribution in [-0.2, 0) is 6.42 Å². The highest BCUT2D eigenvalue weighted by molar-refractivity contribution is 6.10. The van der Waals surface area contributed by atoms with Crippen molar-refractivity contribution in [3.05, 3.63) is 102 Å². The summed E-state index contributed by atoms with van der Waals surface area (Å²) in [6.07, 6.45) is 5.09. The summed E-state index contributed by atoms with van der Waals surface area (Å²) in [5.74, 6) is 0.859. The van der Waals surface area contributed by atoms with Gasteiger partial charge in [0.05, 0.1) is 25.4 Å². The molecule has 6 nitrogen and oxygen atoms in total. The molecule has 0 bridgehead atoms. The average molecular weight is 470 g/mol. The quantitative estimate of drug-likeness (QED) is 0.279. The first-order valence-electron chi connectivity index (χ1n) is 10.8. The number of fused-ring (bicyclic) bond motifs is 1. The van der Waals surface area contributed by atoms with E-state index < -0.39 is 5.82 Å². The molecule has 176 valence electrons. The van der Waals surface area contributed by atoms with E-state index in [1.807, 2.05) is 30.3 Å². The highest BCUT2D eigenvalue weighted by atomic mass is 19.1. The van der Waals surface area contributed by atoms with Crippen molar-refractivity contribution in [2.24, 2.45) is 0 Å². The van der Waals surface area contributed by atoms with Crippen LogP contribution >= 0.6 is 0 Å². The molecule has 4 aromatic rings. The minimum absolute atomic E-state index is 0.0182. The van der Waals surface area contributed by atoms with Gasteiger partial charge in [0.2, 0.25) is 0 Å². The minimum Gasteiger partial charge on any atom is -0.493 e. The Morgan fingerprint density at radius 3 is 2.31 bits per heavy atom. The van der Waals surface area contributed by atoms with E-state index in [2.05, 4.69) is 4.98 Å².